The Kier molecular flexibility index (Phi) is 5.70. The Morgan fingerprint density at radius 2 is 2.00 bits per heavy atom. The Bertz CT molecular complexity index is 1330. The molecule has 0 radical (unpaired) electrons. The summed E-state index contributed by atoms with van der Waals surface area (Å²) in [6.07, 6.45) is 3.16. The van der Waals surface area contributed by atoms with Crippen LogP contribution in [0.3, 0.4) is 0 Å². The van der Waals surface area contributed by atoms with Crippen LogP contribution in [-0.2, 0) is 6.42 Å². The molecule has 1 aliphatic heterocycles. The summed E-state index contributed by atoms with van der Waals surface area (Å²) in [5, 5.41) is 1.84. The second-order valence-corrected chi connectivity index (χ2v) is 8.39. The van der Waals surface area contributed by atoms with Crippen LogP contribution >= 0.6 is 0 Å². The van der Waals surface area contributed by atoms with Crippen LogP contribution in [0.15, 0.2) is 48.5 Å². The molecule has 33 heavy (non-hydrogen) atoms. The largest absolute Gasteiger partial charge is 0.493 e. The number of hydrogen-bond donors (Lipinski definition) is 1. The van der Waals surface area contributed by atoms with E-state index in [0.29, 0.717) is 42.2 Å². The zero-order valence-electron chi connectivity index (χ0n) is 18.4. The minimum atomic E-state index is -0.955. The molecule has 1 atom stereocenters. The van der Waals surface area contributed by atoms with Gasteiger partial charge in [-0.1, -0.05) is 30.3 Å². The lowest BCUT2D eigenvalue weighted by Crippen LogP contribution is -2.45. The summed E-state index contributed by atoms with van der Waals surface area (Å²) in [7, 11) is 0. The minimum absolute atomic E-state index is 0.00799. The maximum absolute atomic E-state index is 14.1. The third-order valence-electron chi connectivity index (χ3n) is 6.32. The molecule has 5 nitrogen and oxygen atoms in total. The molecule has 0 spiro atoms. The fourth-order valence-corrected chi connectivity index (χ4v) is 4.76. The molecular weight excluding hydrogens is 424 g/mol. The van der Waals surface area contributed by atoms with Gasteiger partial charge in [0.15, 0.2) is 11.6 Å². The van der Waals surface area contributed by atoms with Crippen molar-refractivity contribution >= 4 is 27.7 Å². The number of nitrogens with zero attached hydrogens (tertiary/aromatic N) is 2. The Hall–Kier alpha value is -3.48. The van der Waals surface area contributed by atoms with E-state index in [4.69, 9.17) is 4.74 Å². The highest BCUT2D eigenvalue weighted by atomic mass is 19.2. The van der Waals surface area contributed by atoms with Crippen LogP contribution in [0.1, 0.15) is 42.4 Å². The maximum Gasteiger partial charge on any atom is 0.258 e. The molecule has 1 amide bonds. The van der Waals surface area contributed by atoms with Crippen molar-refractivity contribution in [1.29, 1.82) is 0 Å². The number of piperidine rings is 1. The van der Waals surface area contributed by atoms with Gasteiger partial charge in [-0.3, -0.25) is 4.79 Å². The van der Waals surface area contributed by atoms with Crippen LogP contribution in [0.25, 0.3) is 21.8 Å². The van der Waals surface area contributed by atoms with E-state index in [1.807, 2.05) is 48.2 Å². The highest BCUT2D eigenvalue weighted by Crippen LogP contribution is 2.32. The van der Waals surface area contributed by atoms with Gasteiger partial charge >= 0.3 is 0 Å². The standard InChI is InChI=1S/C26H25F2N3O2/c1-2-33-21-13-10-16-7-3-4-9-18(16)23(21)26(32)31-14-6-5-8-17(31)15-22-29-20-12-11-19(27)24(28)25(20)30-22/h3-4,7,9-13,17H,2,5-6,8,14-15H2,1H3,(H,29,30). The second-order valence-electron chi connectivity index (χ2n) is 8.39. The third-order valence-corrected chi connectivity index (χ3v) is 6.32. The van der Waals surface area contributed by atoms with E-state index in [-0.39, 0.29) is 17.5 Å². The first-order valence-electron chi connectivity index (χ1n) is 11.3. The Morgan fingerprint density at radius 3 is 2.85 bits per heavy atom. The highest BCUT2D eigenvalue weighted by molar-refractivity contribution is 6.09. The van der Waals surface area contributed by atoms with Crippen LogP contribution < -0.4 is 4.74 Å². The monoisotopic (exact) mass is 449 g/mol. The number of aromatic nitrogens is 2. The van der Waals surface area contributed by atoms with E-state index in [9.17, 15) is 13.6 Å². The van der Waals surface area contributed by atoms with Crippen molar-refractivity contribution in [3.63, 3.8) is 0 Å². The molecule has 4 aromatic rings. The van der Waals surface area contributed by atoms with E-state index < -0.39 is 11.6 Å². The summed E-state index contributed by atoms with van der Waals surface area (Å²) >= 11 is 0. The lowest BCUT2D eigenvalue weighted by Gasteiger charge is -2.36. The number of likely N-dealkylation sites (tertiary alicyclic amines) is 1. The summed E-state index contributed by atoms with van der Waals surface area (Å²) in [5.74, 6) is -0.833. The number of fused-ring (bicyclic) bond motifs is 2. The average molecular weight is 450 g/mol. The van der Waals surface area contributed by atoms with Crippen LogP contribution in [0.2, 0.25) is 0 Å². The van der Waals surface area contributed by atoms with E-state index >= 15 is 0 Å². The number of amides is 1. The number of ether oxygens (including phenoxy) is 1. The van der Waals surface area contributed by atoms with E-state index in [2.05, 4.69) is 9.97 Å². The third kappa shape index (κ3) is 3.92. The number of halogens is 2. The van der Waals surface area contributed by atoms with Crippen LogP contribution in [0.4, 0.5) is 8.78 Å². The van der Waals surface area contributed by atoms with Gasteiger partial charge in [-0.15, -0.1) is 0 Å². The molecular formula is C26H25F2N3O2. The molecule has 1 saturated heterocycles. The average Bonchev–Trinajstić information content (AvgIpc) is 3.25. The summed E-state index contributed by atoms with van der Waals surface area (Å²) in [6, 6.07) is 14.1. The number of imidazole rings is 1. The van der Waals surface area contributed by atoms with Crippen molar-refractivity contribution in [2.24, 2.45) is 0 Å². The fourth-order valence-electron chi connectivity index (χ4n) is 4.76. The highest BCUT2D eigenvalue weighted by Gasteiger charge is 2.31. The van der Waals surface area contributed by atoms with Gasteiger partial charge in [-0.05, 0) is 55.2 Å². The number of benzene rings is 3. The van der Waals surface area contributed by atoms with Gasteiger partial charge in [0.05, 0.1) is 17.7 Å². The topological polar surface area (TPSA) is 58.2 Å². The zero-order chi connectivity index (χ0) is 22.9. The number of nitrogens with one attached hydrogen (secondary N) is 1. The molecule has 2 heterocycles. The minimum Gasteiger partial charge on any atom is -0.493 e. The number of carbonyl (C=O) groups is 1. The van der Waals surface area contributed by atoms with Gasteiger partial charge < -0.3 is 14.6 Å². The lowest BCUT2D eigenvalue weighted by molar-refractivity contribution is 0.0609. The smallest absolute Gasteiger partial charge is 0.258 e. The first-order valence-corrected chi connectivity index (χ1v) is 11.3. The fraction of sp³-hybridized carbons (Fsp3) is 0.308. The normalized spacial score (nSPS) is 16.5. The molecule has 0 aliphatic carbocycles. The first-order chi connectivity index (χ1) is 16.1. The molecule has 5 rings (SSSR count). The molecule has 0 saturated carbocycles. The quantitative estimate of drug-likeness (QED) is 0.430. The molecule has 1 aliphatic rings. The summed E-state index contributed by atoms with van der Waals surface area (Å²) in [6.45, 7) is 2.99. The zero-order valence-corrected chi connectivity index (χ0v) is 18.4. The van der Waals surface area contributed by atoms with Crippen LogP contribution in [0.5, 0.6) is 5.75 Å². The number of hydrogen-bond acceptors (Lipinski definition) is 3. The van der Waals surface area contributed by atoms with Crippen LogP contribution in [-0.4, -0.2) is 40.0 Å². The van der Waals surface area contributed by atoms with Crippen molar-refractivity contribution in [1.82, 2.24) is 14.9 Å². The lowest BCUT2D eigenvalue weighted by atomic mass is 9.96. The van der Waals surface area contributed by atoms with Gasteiger partial charge in [0.25, 0.3) is 5.91 Å². The second kappa shape index (κ2) is 8.81. The SMILES string of the molecule is CCOc1ccc2ccccc2c1C(=O)N1CCCCC1Cc1nc2c(F)c(F)ccc2[nH]1. The van der Waals surface area contributed by atoms with Gasteiger partial charge in [-0.2, -0.15) is 0 Å². The number of rotatable bonds is 5. The molecule has 7 heteroatoms. The predicted molar refractivity (Wildman–Crippen MR) is 124 cm³/mol. The van der Waals surface area contributed by atoms with E-state index in [0.717, 1.165) is 36.1 Å². The predicted octanol–water partition coefficient (Wildman–Crippen LogP) is 5.63. The van der Waals surface area contributed by atoms with E-state index in [1.54, 1.807) is 0 Å². The van der Waals surface area contributed by atoms with Crippen molar-refractivity contribution in [2.75, 3.05) is 13.2 Å². The van der Waals surface area contributed by atoms with Crippen molar-refractivity contribution in [3.8, 4) is 5.75 Å². The number of H-pyrrole nitrogens is 1. The Labute approximate surface area is 190 Å². The summed E-state index contributed by atoms with van der Waals surface area (Å²) in [4.78, 5) is 23.2. The van der Waals surface area contributed by atoms with E-state index in [1.165, 1.54) is 6.07 Å². The van der Waals surface area contributed by atoms with Gasteiger partial charge in [0.2, 0.25) is 0 Å². The van der Waals surface area contributed by atoms with Crippen molar-refractivity contribution in [2.45, 2.75) is 38.6 Å². The van der Waals surface area contributed by atoms with Gasteiger partial charge in [0.1, 0.15) is 17.1 Å². The molecule has 170 valence electrons. The molecule has 0 bridgehead atoms. The molecule has 1 unspecified atom stereocenters. The van der Waals surface area contributed by atoms with Gasteiger partial charge in [-0.25, -0.2) is 13.8 Å². The maximum atomic E-state index is 14.1. The number of aromatic amines is 1. The Morgan fingerprint density at radius 1 is 1.15 bits per heavy atom. The first kappa shape index (κ1) is 21.4. The molecule has 1 aromatic heterocycles. The summed E-state index contributed by atoms with van der Waals surface area (Å²) < 4.78 is 33.6. The van der Waals surface area contributed by atoms with Crippen molar-refractivity contribution in [3.05, 3.63) is 71.6 Å². The molecule has 1 fully saturated rings. The summed E-state index contributed by atoms with van der Waals surface area (Å²) in [5.41, 5.74) is 1.01. The van der Waals surface area contributed by atoms with Crippen LogP contribution in [0, 0.1) is 11.6 Å². The number of carbonyl (C=O) groups excluding carboxylic acids is 1. The molecule has 1 N–H and O–H groups in total. The van der Waals surface area contributed by atoms with Crippen molar-refractivity contribution < 1.29 is 18.3 Å². The Balaban J connectivity index is 1.50. The molecule has 3 aromatic carbocycles. The van der Waals surface area contributed by atoms with Gasteiger partial charge in [0, 0.05) is 19.0 Å².